The normalized spacial score (nSPS) is 17.6. The van der Waals surface area contributed by atoms with Gasteiger partial charge in [-0.1, -0.05) is 19.1 Å². The van der Waals surface area contributed by atoms with Crippen molar-refractivity contribution in [2.45, 2.75) is 32.4 Å². The fourth-order valence-corrected chi connectivity index (χ4v) is 2.91. The summed E-state index contributed by atoms with van der Waals surface area (Å²) in [7, 11) is 0. The van der Waals surface area contributed by atoms with Crippen LogP contribution in [-0.2, 0) is 11.0 Å². The molecule has 0 spiro atoms. The molecule has 4 nitrogen and oxygen atoms in total. The van der Waals surface area contributed by atoms with Gasteiger partial charge in [0.15, 0.2) is 6.61 Å². The topological polar surface area (TPSA) is 49.8 Å². The Kier molecular flexibility index (Phi) is 5.74. The fraction of sp³-hybridized carbons (Fsp3) is 0.588. The standard InChI is InChI=1S/C17H22F3NO3/c1-2-16(12-22)7-9-21(10-8-16)15(23)11-24-14-6-4-3-5-13(14)17(18,19)20/h3-6,22H,2,7-12H2,1H3. The summed E-state index contributed by atoms with van der Waals surface area (Å²) in [5.74, 6) is -0.678. The van der Waals surface area contributed by atoms with Crippen LogP contribution in [0.25, 0.3) is 0 Å². The molecule has 0 saturated carbocycles. The molecule has 2 rings (SSSR count). The maximum Gasteiger partial charge on any atom is 0.419 e. The SMILES string of the molecule is CCC1(CO)CCN(C(=O)COc2ccccc2C(F)(F)F)CC1. The third-order valence-corrected chi connectivity index (χ3v) is 4.81. The molecule has 1 aliphatic heterocycles. The predicted molar refractivity (Wildman–Crippen MR) is 82.6 cm³/mol. The van der Waals surface area contributed by atoms with Crippen LogP contribution in [0.2, 0.25) is 0 Å². The number of amides is 1. The fourth-order valence-electron chi connectivity index (χ4n) is 2.91. The van der Waals surface area contributed by atoms with E-state index in [0.717, 1.165) is 12.5 Å². The first-order chi connectivity index (χ1) is 11.3. The molecule has 134 valence electrons. The van der Waals surface area contributed by atoms with Crippen molar-refractivity contribution in [3.05, 3.63) is 29.8 Å². The van der Waals surface area contributed by atoms with Crippen LogP contribution in [0, 0.1) is 5.41 Å². The first kappa shape index (κ1) is 18.6. The van der Waals surface area contributed by atoms with Crippen LogP contribution in [-0.4, -0.2) is 42.2 Å². The van der Waals surface area contributed by atoms with Gasteiger partial charge in [0.1, 0.15) is 5.75 Å². The van der Waals surface area contributed by atoms with Gasteiger partial charge in [-0.25, -0.2) is 0 Å². The Morgan fingerprint density at radius 2 is 1.92 bits per heavy atom. The van der Waals surface area contributed by atoms with E-state index in [0.29, 0.717) is 25.9 Å². The summed E-state index contributed by atoms with van der Waals surface area (Å²) in [5, 5.41) is 9.49. The van der Waals surface area contributed by atoms with Gasteiger partial charge in [0.05, 0.1) is 5.56 Å². The maximum absolute atomic E-state index is 12.9. The zero-order valence-electron chi connectivity index (χ0n) is 13.6. The van der Waals surface area contributed by atoms with E-state index in [1.54, 1.807) is 4.90 Å². The Morgan fingerprint density at radius 3 is 2.46 bits per heavy atom. The van der Waals surface area contributed by atoms with Crippen LogP contribution in [0.4, 0.5) is 13.2 Å². The molecule has 0 aromatic heterocycles. The molecule has 7 heteroatoms. The summed E-state index contributed by atoms with van der Waals surface area (Å²) in [6, 6.07) is 4.85. The van der Waals surface area contributed by atoms with Gasteiger partial charge in [-0.05, 0) is 36.8 Å². The second-order valence-corrected chi connectivity index (χ2v) is 6.18. The van der Waals surface area contributed by atoms with E-state index in [1.165, 1.54) is 18.2 Å². The molecule has 1 aromatic carbocycles. The highest BCUT2D eigenvalue weighted by atomic mass is 19.4. The minimum Gasteiger partial charge on any atom is -0.483 e. The lowest BCUT2D eigenvalue weighted by Crippen LogP contribution is -2.46. The maximum atomic E-state index is 12.9. The molecule has 1 saturated heterocycles. The van der Waals surface area contributed by atoms with Crippen LogP contribution in [0.3, 0.4) is 0 Å². The minimum atomic E-state index is -4.52. The molecule has 1 amide bonds. The van der Waals surface area contributed by atoms with E-state index in [9.17, 15) is 23.1 Å². The van der Waals surface area contributed by atoms with Gasteiger partial charge >= 0.3 is 6.18 Å². The number of ether oxygens (including phenoxy) is 1. The van der Waals surface area contributed by atoms with Crippen molar-refractivity contribution < 1.29 is 27.8 Å². The van der Waals surface area contributed by atoms with Crippen LogP contribution >= 0.6 is 0 Å². The van der Waals surface area contributed by atoms with E-state index >= 15 is 0 Å². The summed E-state index contributed by atoms with van der Waals surface area (Å²) in [4.78, 5) is 13.8. The Labute approximate surface area is 139 Å². The number of aliphatic hydroxyl groups is 1. The van der Waals surface area contributed by atoms with E-state index < -0.39 is 18.3 Å². The Hall–Kier alpha value is -1.76. The number of piperidine rings is 1. The number of carbonyl (C=O) groups excluding carboxylic acids is 1. The molecule has 0 unspecified atom stereocenters. The lowest BCUT2D eigenvalue weighted by molar-refractivity contribution is -0.141. The molecule has 0 atom stereocenters. The number of hydrogen-bond donors (Lipinski definition) is 1. The van der Waals surface area contributed by atoms with Crippen molar-refractivity contribution >= 4 is 5.91 Å². The average molecular weight is 345 g/mol. The second kappa shape index (κ2) is 7.42. The Bertz CT molecular complexity index is 560. The van der Waals surface area contributed by atoms with Gasteiger partial charge in [-0.15, -0.1) is 0 Å². The third-order valence-electron chi connectivity index (χ3n) is 4.81. The van der Waals surface area contributed by atoms with Gasteiger partial charge in [0.2, 0.25) is 0 Å². The molecule has 1 fully saturated rings. The van der Waals surface area contributed by atoms with Gasteiger partial charge in [0, 0.05) is 19.7 Å². The molecule has 24 heavy (non-hydrogen) atoms. The van der Waals surface area contributed by atoms with Crippen LogP contribution in [0.5, 0.6) is 5.75 Å². The molecule has 1 heterocycles. The molecular formula is C17H22F3NO3. The lowest BCUT2D eigenvalue weighted by Gasteiger charge is -2.40. The first-order valence-corrected chi connectivity index (χ1v) is 7.99. The number of likely N-dealkylation sites (tertiary alicyclic amines) is 1. The van der Waals surface area contributed by atoms with Crippen molar-refractivity contribution in [1.82, 2.24) is 4.90 Å². The van der Waals surface area contributed by atoms with Crippen LogP contribution in [0.15, 0.2) is 24.3 Å². The van der Waals surface area contributed by atoms with E-state index in [-0.39, 0.29) is 23.7 Å². The summed E-state index contributed by atoms with van der Waals surface area (Å²) >= 11 is 0. The molecule has 1 aliphatic rings. The number of benzene rings is 1. The zero-order chi connectivity index (χ0) is 17.8. The number of alkyl halides is 3. The zero-order valence-corrected chi connectivity index (χ0v) is 13.6. The number of rotatable bonds is 5. The quantitative estimate of drug-likeness (QED) is 0.892. The number of nitrogens with zero attached hydrogens (tertiary/aromatic N) is 1. The van der Waals surface area contributed by atoms with Gasteiger partial charge < -0.3 is 14.7 Å². The third kappa shape index (κ3) is 4.20. The van der Waals surface area contributed by atoms with Crippen molar-refractivity contribution in [3.63, 3.8) is 0 Å². The molecular weight excluding hydrogens is 323 g/mol. The largest absolute Gasteiger partial charge is 0.483 e. The van der Waals surface area contributed by atoms with E-state index in [1.807, 2.05) is 6.92 Å². The molecule has 0 radical (unpaired) electrons. The minimum absolute atomic E-state index is 0.0843. The van der Waals surface area contributed by atoms with Gasteiger partial charge in [0.25, 0.3) is 5.91 Å². The predicted octanol–water partition coefficient (Wildman–Crippen LogP) is 3.10. The first-order valence-electron chi connectivity index (χ1n) is 7.99. The Morgan fingerprint density at radius 1 is 1.29 bits per heavy atom. The summed E-state index contributed by atoms with van der Waals surface area (Å²) in [6.45, 7) is 2.63. The highest BCUT2D eigenvalue weighted by Crippen LogP contribution is 2.36. The molecule has 0 aliphatic carbocycles. The summed E-state index contributed by atoms with van der Waals surface area (Å²) in [6.07, 6.45) is -2.32. The number of halogens is 3. The molecule has 0 bridgehead atoms. The van der Waals surface area contributed by atoms with Crippen molar-refractivity contribution in [2.75, 3.05) is 26.3 Å². The van der Waals surface area contributed by atoms with Crippen LogP contribution in [0.1, 0.15) is 31.7 Å². The highest BCUT2D eigenvalue weighted by Gasteiger charge is 2.35. The molecule has 1 N–H and O–H groups in total. The summed E-state index contributed by atoms with van der Waals surface area (Å²) in [5.41, 5.74) is -1.04. The van der Waals surface area contributed by atoms with Gasteiger partial charge in [-0.2, -0.15) is 13.2 Å². The van der Waals surface area contributed by atoms with Crippen molar-refractivity contribution in [2.24, 2.45) is 5.41 Å². The lowest BCUT2D eigenvalue weighted by atomic mass is 9.77. The van der Waals surface area contributed by atoms with Crippen molar-refractivity contribution in [1.29, 1.82) is 0 Å². The van der Waals surface area contributed by atoms with Crippen LogP contribution < -0.4 is 4.74 Å². The number of aliphatic hydroxyl groups excluding tert-OH is 1. The van der Waals surface area contributed by atoms with E-state index in [4.69, 9.17) is 4.74 Å². The second-order valence-electron chi connectivity index (χ2n) is 6.18. The average Bonchev–Trinajstić information content (AvgIpc) is 2.59. The Balaban J connectivity index is 1.93. The number of para-hydroxylation sites is 1. The highest BCUT2D eigenvalue weighted by molar-refractivity contribution is 5.78. The van der Waals surface area contributed by atoms with Crippen molar-refractivity contribution in [3.8, 4) is 5.75 Å². The monoisotopic (exact) mass is 345 g/mol. The molecule has 1 aromatic rings. The number of carbonyl (C=O) groups is 1. The van der Waals surface area contributed by atoms with Gasteiger partial charge in [-0.3, -0.25) is 4.79 Å². The van der Waals surface area contributed by atoms with E-state index in [2.05, 4.69) is 0 Å². The number of hydrogen-bond acceptors (Lipinski definition) is 3. The smallest absolute Gasteiger partial charge is 0.419 e. The summed E-state index contributed by atoms with van der Waals surface area (Å²) < 4.78 is 43.8.